The number of primary amides is 1. The van der Waals surface area contributed by atoms with Crippen molar-refractivity contribution in [1.82, 2.24) is 4.90 Å². The average Bonchev–Trinajstić information content (AvgIpc) is 2.33. The second-order valence-corrected chi connectivity index (χ2v) is 2.74. The van der Waals surface area contributed by atoms with E-state index in [4.69, 9.17) is 5.73 Å². The summed E-state index contributed by atoms with van der Waals surface area (Å²) in [5.41, 5.74) is 5.15. The highest BCUT2D eigenvalue weighted by atomic mass is 16.2. The van der Waals surface area contributed by atoms with Gasteiger partial charge in [-0.1, -0.05) is 6.92 Å². The topological polar surface area (TPSA) is 46.3 Å². The molecule has 0 saturated carbocycles. The molecule has 0 bridgehead atoms. The van der Waals surface area contributed by atoms with Crippen LogP contribution in [0.2, 0.25) is 0 Å². The van der Waals surface area contributed by atoms with Crippen LogP contribution in [-0.4, -0.2) is 23.5 Å². The summed E-state index contributed by atoms with van der Waals surface area (Å²) in [7, 11) is 0. The molecule has 1 aliphatic heterocycles. The van der Waals surface area contributed by atoms with Crippen molar-refractivity contribution in [3.63, 3.8) is 0 Å². The van der Waals surface area contributed by atoms with Gasteiger partial charge in [-0.25, -0.2) is 4.79 Å². The molecule has 3 nitrogen and oxygen atoms in total. The van der Waals surface area contributed by atoms with Crippen LogP contribution >= 0.6 is 0 Å². The van der Waals surface area contributed by atoms with E-state index in [1.165, 1.54) is 0 Å². The normalized spacial score (nSPS) is 25.3. The van der Waals surface area contributed by atoms with Crippen LogP contribution in [0, 0.1) is 0 Å². The second-order valence-electron chi connectivity index (χ2n) is 2.74. The number of carbonyl (C=O) groups is 1. The minimum atomic E-state index is -0.260. The van der Waals surface area contributed by atoms with Crippen LogP contribution in [0.1, 0.15) is 26.2 Å². The number of carbonyl (C=O) groups excluding carboxylic acids is 1. The molecule has 1 heterocycles. The number of nitrogens with zero attached hydrogens (tertiary/aromatic N) is 1. The van der Waals surface area contributed by atoms with E-state index in [-0.39, 0.29) is 6.03 Å². The van der Waals surface area contributed by atoms with Gasteiger partial charge >= 0.3 is 6.03 Å². The lowest BCUT2D eigenvalue weighted by molar-refractivity contribution is 0.201. The van der Waals surface area contributed by atoms with Gasteiger partial charge in [0.1, 0.15) is 0 Å². The molecule has 2 N–H and O–H groups in total. The van der Waals surface area contributed by atoms with E-state index in [9.17, 15) is 4.79 Å². The lowest BCUT2D eigenvalue weighted by atomic mass is 10.2. The van der Waals surface area contributed by atoms with Gasteiger partial charge in [-0.2, -0.15) is 0 Å². The Labute approximate surface area is 61.2 Å². The highest BCUT2D eigenvalue weighted by Crippen LogP contribution is 2.18. The molecule has 1 unspecified atom stereocenters. The first-order valence-electron chi connectivity index (χ1n) is 3.81. The molecular weight excluding hydrogens is 128 g/mol. The summed E-state index contributed by atoms with van der Waals surface area (Å²) in [6.45, 7) is 2.94. The first-order chi connectivity index (χ1) is 4.75. The standard InChI is InChI=1S/C7H14N2O/c1-2-6-4-3-5-9(6)7(8)10/h6H,2-5H2,1H3,(H2,8,10). The van der Waals surface area contributed by atoms with E-state index in [1.807, 2.05) is 0 Å². The third kappa shape index (κ3) is 1.23. The largest absolute Gasteiger partial charge is 0.351 e. The summed E-state index contributed by atoms with van der Waals surface area (Å²) in [4.78, 5) is 12.5. The Hall–Kier alpha value is -0.730. The summed E-state index contributed by atoms with van der Waals surface area (Å²) >= 11 is 0. The molecule has 0 aliphatic carbocycles. The van der Waals surface area contributed by atoms with E-state index in [0.717, 1.165) is 25.8 Å². The van der Waals surface area contributed by atoms with Gasteiger partial charge in [-0.05, 0) is 19.3 Å². The van der Waals surface area contributed by atoms with E-state index >= 15 is 0 Å². The van der Waals surface area contributed by atoms with Crippen molar-refractivity contribution in [2.45, 2.75) is 32.2 Å². The Balaban J connectivity index is 2.50. The Morgan fingerprint density at radius 1 is 1.80 bits per heavy atom. The van der Waals surface area contributed by atoms with Crippen LogP contribution in [0.25, 0.3) is 0 Å². The van der Waals surface area contributed by atoms with Crippen LogP contribution < -0.4 is 5.73 Å². The lowest BCUT2D eigenvalue weighted by Crippen LogP contribution is -2.38. The minimum absolute atomic E-state index is 0.260. The molecule has 0 radical (unpaired) electrons. The summed E-state index contributed by atoms with van der Waals surface area (Å²) in [5, 5.41) is 0. The molecule has 1 fully saturated rings. The number of likely N-dealkylation sites (tertiary alicyclic amines) is 1. The van der Waals surface area contributed by atoms with E-state index in [0.29, 0.717) is 6.04 Å². The second kappa shape index (κ2) is 2.90. The number of hydrogen-bond donors (Lipinski definition) is 1. The molecule has 58 valence electrons. The molecule has 1 saturated heterocycles. The van der Waals surface area contributed by atoms with Gasteiger partial charge in [0.05, 0.1) is 0 Å². The molecule has 3 heteroatoms. The van der Waals surface area contributed by atoms with Crippen molar-refractivity contribution < 1.29 is 4.79 Å². The molecule has 0 aromatic heterocycles. The first kappa shape index (κ1) is 7.38. The zero-order chi connectivity index (χ0) is 7.56. The summed E-state index contributed by atoms with van der Waals surface area (Å²) in [5.74, 6) is 0. The van der Waals surface area contributed by atoms with Crippen LogP contribution in [0.3, 0.4) is 0 Å². The van der Waals surface area contributed by atoms with E-state index in [2.05, 4.69) is 6.92 Å². The maximum absolute atomic E-state index is 10.7. The van der Waals surface area contributed by atoms with Gasteiger partial charge in [0, 0.05) is 12.6 Å². The van der Waals surface area contributed by atoms with Crippen LogP contribution in [-0.2, 0) is 0 Å². The maximum Gasteiger partial charge on any atom is 0.315 e. The SMILES string of the molecule is CCC1CCCN1C(N)=O. The van der Waals surface area contributed by atoms with Crippen molar-refractivity contribution in [3.05, 3.63) is 0 Å². The van der Waals surface area contributed by atoms with Gasteiger partial charge in [0.2, 0.25) is 0 Å². The molecular formula is C7H14N2O. The van der Waals surface area contributed by atoms with E-state index < -0.39 is 0 Å². The Morgan fingerprint density at radius 2 is 2.50 bits per heavy atom. The van der Waals surface area contributed by atoms with Crippen LogP contribution in [0.5, 0.6) is 0 Å². The van der Waals surface area contributed by atoms with Gasteiger partial charge in [0.25, 0.3) is 0 Å². The third-order valence-corrected chi connectivity index (χ3v) is 2.13. The smallest absolute Gasteiger partial charge is 0.315 e. The Kier molecular flexibility index (Phi) is 2.14. The molecule has 0 spiro atoms. The Morgan fingerprint density at radius 3 is 2.90 bits per heavy atom. The zero-order valence-corrected chi connectivity index (χ0v) is 6.34. The van der Waals surface area contributed by atoms with Gasteiger partial charge in [-0.15, -0.1) is 0 Å². The summed E-state index contributed by atoms with van der Waals surface area (Å²) in [6.07, 6.45) is 3.27. The highest BCUT2D eigenvalue weighted by Gasteiger charge is 2.24. The molecule has 0 aromatic carbocycles. The minimum Gasteiger partial charge on any atom is -0.351 e. The fourth-order valence-electron chi connectivity index (χ4n) is 1.55. The monoisotopic (exact) mass is 142 g/mol. The number of urea groups is 1. The van der Waals surface area contributed by atoms with Crippen molar-refractivity contribution in [3.8, 4) is 0 Å². The first-order valence-corrected chi connectivity index (χ1v) is 3.81. The van der Waals surface area contributed by atoms with Crippen molar-refractivity contribution in [2.75, 3.05) is 6.54 Å². The van der Waals surface area contributed by atoms with Gasteiger partial charge in [-0.3, -0.25) is 0 Å². The van der Waals surface area contributed by atoms with E-state index in [1.54, 1.807) is 4.90 Å². The van der Waals surface area contributed by atoms with Gasteiger partial charge in [0.15, 0.2) is 0 Å². The highest BCUT2D eigenvalue weighted by molar-refractivity contribution is 5.72. The molecule has 0 aromatic rings. The van der Waals surface area contributed by atoms with Gasteiger partial charge < -0.3 is 10.6 Å². The summed E-state index contributed by atoms with van der Waals surface area (Å²) in [6, 6.07) is 0.154. The maximum atomic E-state index is 10.7. The predicted octanol–water partition coefficient (Wildman–Crippen LogP) is 0.940. The quantitative estimate of drug-likeness (QED) is 0.582. The lowest BCUT2D eigenvalue weighted by Gasteiger charge is -2.20. The molecule has 1 rings (SSSR count). The molecule has 1 atom stereocenters. The number of amides is 2. The van der Waals surface area contributed by atoms with Crippen molar-refractivity contribution >= 4 is 6.03 Å². The predicted molar refractivity (Wildman–Crippen MR) is 39.6 cm³/mol. The fraction of sp³-hybridized carbons (Fsp3) is 0.857. The fourth-order valence-corrected chi connectivity index (χ4v) is 1.55. The summed E-state index contributed by atoms with van der Waals surface area (Å²) < 4.78 is 0. The van der Waals surface area contributed by atoms with Crippen LogP contribution in [0.4, 0.5) is 4.79 Å². The molecule has 10 heavy (non-hydrogen) atoms. The zero-order valence-electron chi connectivity index (χ0n) is 6.34. The van der Waals surface area contributed by atoms with Crippen LogP contribution in [0.15, 0.2) is 0 Å². The number of hydrogen-bond acceptors (Lipinski definition) is 1. The molecule has 1 aliphatic rings. The Bertz CT molecular complexity index is 136. The average molecular weight is 142 g/mol. The third-order valence-electron chi connectivity index (χ3n) is 2.13. The van der Waals surface area contributed by atoms with Crippen molar-refractivity contribution in [2.24, 2.45) is 5.73 Å². The number of nitrogens with two attached hydrogens (primary N) is 1. The molecule has 2 amide bonds. The number of rotatable bonds is 1. The van der Waals surface area contributed by atoms with Crippen molar-refractivity contribution in [1.29, 1.82) is 0 Å².